The standard InChI is InChI=1S/C59H82F2N6O3Si2/c1-39(2)71(40(3)4,41(5)6)31-22-48-51(60)21-20-46-32-47(70-72(42(7)8,43(9)10)44(11)12)33-49(52(46)48)54-53(61)55-50(34-62-54)56(67-26-17-23-58(13,68)36-67)64-57(63-55)69-38-59(24-25-59)37-66-29-27-65(28-30-66)35-45-18-15-14-16-19-45/h14-16,18-21,32-34,39-44,68H,17,23-30,35-38H2,1-13H3/t58-/m1/s1/i37D2. The minimum atomic E-state index is -2.55. The molecule has 3 fully saturated rings. The average molecular weight is 1020 g/mol. The number of nitrogens with zero attached hydrogens (tertiary/aromatic N) is 6. The lowest BCUT2D eigenvalue weighted by atomic mass is 9.94. The molecule has 388 valence electrons. The molecule has 0 radical (unpaired) electrons. The zero-order chi connectivity index (χ0) is 53.7. The molecule has 0 amide bonds. The molecule has 2 aliphatic heterocycles. The minimum absolute atomic E-state index is 0.00108. The van der Waals surface area contributed by atoms with Gasteiger partial charge >= 0.3 is 6.01 Å². The van der Waals surface area contributed by atoms with Gasteiger partial charge in [-0.05, 0) is 95.0 Å². The summed E-state index contributed by atoms with van der Waals surface area (Å²) < 4.78 is 68.0. The van der Waals surface area contributed by atoms with E-state index in [1.807, 2.05) is 40.1 Å². The quantitative estimate of drug-likeness (QED) is 0.0723. The maximum atomic E-state index is 18.3. The molecular formula is C59H82F2N6O3Si2. The molecule has 3 aliphatic rings. The first-order chi connectivity index (χ1) is 34.9. The summed E-state index contributed by atoms with van der Waals surface area (Å²) in [5, 5.41) is 12.8. The molecule has 3 aromatic carbocycles. The molecule has 13 heteroatoms. The fourth-order valence-corrected chi connectivity index (χ4v) is 23.1. The van der Waals surface area contributed by atoms with Crippen LogP contribution in [0.1, 0.15) is 130 Å². The molecule has 4 heterocycles. The molecule has 72 heavy (non-hydrogen) atoms. The summed E-state index contributed by atoms with van der Waals surface area (Å²) in [5.74, 6) is 3.15. The second-order valence-corrected chi connectivity index (χ2v) is 34.5. The predicted octanol–water partition coefficient (Wildman–Crippen LogP) is 13.6. The maximum Gasteiger partial charge on any atom is 0.319 e. The van der Waals surface area contributed by atoms with E-state index in [4.69, 9.17) is 24.1 Å². The molecule has 0 bridgehead atoms. The van der Waals surface area contributed by atoms with Crippen LogP contribution in [0.5, 0.6) is 11.8 Å². The van der Waals surface area contributed by atoms with Crippen molar-refractivity contribution in [2.45, 2.75) is 161 Å². The lowest BCUT2D eigenvalue weighted by molar-refractivity contribution is 0.0447. The number of halogens is 2. The first-order valence-electron chi connectivity index (χ1n) is 27.8. The molecule has 0 unspecified atom stereocenters. The number of ether oxygens (including phenoxy) is 1. The van der Waals surface area contributed by atoms with Gasteiger partial charge in [-0.3, -0.25) is 9.88 Å². The van der Waals surface area contributed by atoms with Gasteiger partial charge in [-0.15, -0.1) is 5.54 Å². The van der Waals surface area contributed by atoms with Crippen LogP contribution in [0.2, 0.25) is 33.2 Å². The Bertz CT molecular complexity index is 2830. The Kier molecular flexibility index (Phi) is 15.2. The van der Waals surface area contributed by atoms with Crippen molar-refractivity contribution < 1.29 is 25.8 Å². The van der Waals surface area contributed by atoms with Crippen LogP contribution in [-0.2, 0) is 6.54 Å². The van der Waals surface area contributed by atoms with E-state index in [-0.39, 0.29) is 52.6 Å². The average Bonchev–Trinajstić information content (AvgIpc) is 4.15. The maximum absolute atomic E-state index is 18.3. The van der Waals surface area contributed by atoms with Gasteiger partial charge in [0, 0.05) is 77.6 Å². The molecule has 5 aromatic rings. The van der Waals surface area contributed by atoms with E-state index in [1.165, 1.54) is 11.6 Å². The Morgan fingerprint density at radius 1 is 0.792 bits per heavy atom. The third kappa shape index (κ3) is 10.9. The highest BCUT2D eigenvalue weighted by Crippen LogP contribution is 2.48. The molecule has 1 atom stereocenters. The van der Waals surface area contributed by atoms with E-state index in [0.717, 1.165) is 19.6 Å². The third-order valence-corrected chi connectivity index (χ3v) is 28.8. The molecule has 8 rings (SSSR count). The smallest absolute Gasteiger partial charge is 0.319 e. The molecule has 1 saturated carbocycles. The Balaban J connectivity index is 1.26. The fraction of sp³-hybridized carbons (Fsp3) is 0.576. The topological polar surface area (TPSA) is 87.1 Å². The number of hydrogen-bond acceptors (Lipinski definition) is 9. The van der Waals surface area contributed by atoms with Gasteiger partial charge in [0.2, 0.25) is 0 Å². The van der Waals surface area contributed by atoms with Crippen molar-refractivity contribution in [1.29, 1.82) is 0 Å². The fourth-order valence-electron chi connectivity index (χ4n) is 12.7. The van der Waals surface area contributed by atoms with E-state index in [0.29, 0.717) is 95.2 Å². The Hall–Kier alpha value is -4.46. The van der Waals surface area contributed by atoms with Gasteiger partial charge in [0.15, 0.2) is 5.82 Å². The second kappa shape index (κ2) is 21.4. The highest BCUT2D eigenvalue weighted by molar-refractivity contribution is 6.90. The van der Waals surface area contributed by atoms with E-state index in [2.05, 4.69) is 112 Å². The predicted molar refractivity (Wildman–Crippen MR) is 297 cm³/mol. The number of aromatic nitrogens is 3. The monoisotopic (exact) mass is 1020 g/mol. The lowest BCUT2D eigenvalue weighted by Gasteiger charge is -2.42. The number of fused-ring (bicyclic) bond motifs is 2. The van der Waals surface area contributed by atoms with Crippen molar-refractivity contribution in [2.75, 3.05) is 57.3 Å². The van der Waals surface area contributed by atoms with Crippen molar-refractivity contribution >= 4 is 43.9 Å². The van der Waals surface area contributed by atoms with E-state index >= 15 is 8.78 Å². The van der Waals surface area contributed by atoms with Crippen LogP contribution in [-0.4, -0.2) is 104 Å². The van der Waals surface area contributed by atoms with E-state index in [9.17, 15) is 7.85 Å². The summed E-state index contributed by atoms with van der Waals surface area (Å²) in [5.41, 5.74) is 5.28. The molecule has 2 saturated heterocycles. The van der Waals surface area contributed by atoms with E-state index < -0.39 is 45.5 Å². The number of β-amino-alcohol motifs (C(OH)–C–C–N with tert-alkyl or cyclic N) is 1. The molecule has 1 aliphatic carbocycles. The Labute approximate surface area is 434 Å². The molecular weight excluding hydrogens is 935 g/mol. The van der Waals surface area contributed by atoms with Crippen molar-refractivity contribution in [3.63, 3.8) is 0 Å². The molecule has 2 aromatic heterocycles. The first kappa shape index (κ1) is 51.0. The van der Waals surface area contributed by atoms with Crippen LogP contribution < -0.4 is 14.1 Å². The molecule has 0 spiro atoms. The number of aliphatic hydroxyl groups is 1. The number of rotatable bonds is 17. The number of benzene rings is 3. The summed E-state index contributed by atoms with van der Waals surface area (Å²) in [7, 11) is -4.91. The third-order valence-electron chi connectivity index (χ3n) is 16.5. The largest absolute Gasteiger partial charge is 0.543 e. The number of piperidine rings is 1. The van der Waals surface area contributed by atoms with Gasteiger partial charge in [-0.1, -0.05) is 125 Å². The van der Waals surface area contributed by atoms with Gasteiger partial charge in [0.1, 0.15) is 36.7 Å². The van der Waals surface area contributed by atoms with Crippen LogP contribution >= 0.6 is 0 Å². The summed E-state index contributed by atoms with van der Waals surface area (Å²) in [6, 6.07) is 17.3. The zero-order valence-electron chi connectivity index (χ0n) is 47.4. The summed E-state index contributed by atoms with van der Waals surface area (Å²) >= 11 is 0. The van der Waals surface area contributed by atoms with Gasteiger partial charge in [0.25, 0.3) is 8.32 Å². The number of piperazine rings is 1. The van der Waals surface area contributed by atoms with Crippen LogP contribution in [0.25, 0.3) is 32.9 Å². The Morgan fingerprint density at radius 2 is 1.43 bits per heavy atom. The van der Waals surface area contributed by atoms with Gasteiger partial charge in [0.05, 0.1) is 23.2 Å². The highest BCUT2D eigenvalue weighted by atomic mass is 28.4. The normalized spacial score (nSPS) is 19.7. The summed E-state index contributed by atoms with van der Waals surface area (Å²) in [6.45, 7) is 31.1. The molecule has 9 nitrogen and oxygen atoms in total. The van der Waals surface area contributed by atoms with E-state index in [1.54, 1.807) is 19.2 Å². The number of pyridine rings is 1. The van der Waals surface area contributed by atoms with Crippen LogP contribution in [0.3, 0.4) is 0 Å². The SMILES string of the molecule is [2H]C([2H])(N1CCN(Cc2ccccc2)CC1)C1(COc2nc(N3CCC[C@@](C)(O)C3)c3cnc(-c4cc(O[Si](C(C)C)(C(C)C)C(C)C)cc5ccc(F)c(C#C[Si](C(C)C)(C(C)C)C(C)C)c45)c(F)c3n2)CC1. The van der Waals surface area contributed by atoms with Crippen molar-refractivity contribution in [3.05, 3.63) is 83.6 Å². The zero-order valence-corrected chi connectivity index (χ0v) is 47.4. The number of hydrogen-bond donors (Lipinski definition) is 1. The minimum Gasteiger partial charge on any atom is -0.543 e. The summed E-state index contributed by atoms with van der Waals surface area (Å²) in [4.78, 5) is 20.9. The van der Waals surface area contributed by atoms with Crippen molar-refractivity contribution in [3.8, 4) is 34.5 Å². The number of anilines is 1. The highest BCUT2D eigenvalue weighted by Gasteiger charge is 2.48. The molecule has 1 N–H and O–H groups in total. The second-order valence-electron chi connectivity index (χ2n) is 23.5. The van der Waals surface area contributed by atoms with Gasteiger partial charge in [-0.2, -0.15) is 9.97 Å². The Morgan fingerprint density at radius 3 is 2.03 bits per heavy atom. The summed E-state index contributed by atoms with van der Waals surface area (Å²) in [6.07, 6.45) is 4.11. The van der Waals surface area contributed by atoms with Crippen molar-refractivity contribution in [2.24, 2.45) is 5.41 Å². The van der Waals surface area contributed by atoms with Crippen LogP contribution in [0.15, 0.2) is 60.8 Å². The lowest BCUT2D eigenvalue weighted by Crippen LogP contribution is -2.50. The van der Waals surface area contributed by atoms with Gasteiger partial charge < -0.3 is 24.1 Å². The van der Waals surface area contributed by atoms with Crippen molar-refractivity contribution in [1.82, 2.24) is 24.8 Å². The van der Waals surface area contributed by atoms with Gasteiger partial charge in [-0.25, -0.2) is 8.78 Å². The van der Waals surface area contributed by atoms with Crippen LogP contribution in [0, 0.1) is 28.5 Å². The first-order valence-corrected chi connectivity index (χ1v) is 31.2. The van der Waals surface area contributed by atoms with Crippen LogP contribution in [0.4, 0.5) is 14.6 Å².